The van der Waals surface area contributed by atoms with Crippen molar-refractivity contribution in [2.75, 3.05) is 13.2 Å². The summed E-state index contributed by atoms with van der Waals surface area (Å²) >= 11 is 5.93. The number of carbonyl (C=O) groups is 1. The molecule has 0 unspecified atom stereocenters. The van der Waals surface area contributed by atoms with Crippen molar-refractivity contribution in [2.45, 2.75) is 19.9 Å². The van der Waals surface area contributed by atoms with Crippen molar-refractivity contribution in [1.29, 1.82) is 0 Å². The first-order chi connectivity index (χ1) is 9.51. The number of benzene rings is 1. The molecule has 0 bridgehead atoms. The van der Waals surface area contributed by atoms with Crippen LogP contribution < -0.4 is 10.1 Å². The van der Waals surface area contributed by atoms with Gasteiger partial charge in [-0.1, -0.05) is 25.4 Å². The molecule has 0 radical (unpaired) electrons. The predicted molar refractivity (Wildman–Crippen MR) is 78.8 cm³/mol. The molecule has 0 aromatic heterocycles. The SMILES string of the molecule is CC(C)[C@@H](CO)NC(=O)C1=Cc2cc(Cl)ccc2OC1. The summed E-state index contributed by atoms with van der Waals surface area (Å²) in [5.74, 6) is 0.660. The molecule has 1 aliphatic heterocycles. The number of amides is 1. The summed E-state index contributed by atoms with van der Waals surface area (Å²) in [6.07, 6.45) is 1.77. The van der Waals surface area contributed by atoms with Crippen molar-refractivity contribution in [3.8, 4) is 5.75 Å². The molecular formula is C15H18ClNO3. The zero-order valence-corrected chi connectivity index (χ0v) is 12.3. The first-order valence-corrected chi connectivity index (χ1v) is 6.93. The van der Waals surface area contributed by atoms with Crippen LogP contribution in [0.2, 0.25) is 5.02 Å². The Morgan fingerprint density at radius 2 is 2.25 bits per heavy atom. The van der Waals surface area contributed by atoms with E-state index in [0.717, 1.165) is 5.56 Å². The van der Waals surface area contributed by atoms with Gasteiger partial charge in [-0.15, -0.1) is 0 Å². The third kappa shape index (κ3) is 3.32. The Morgan fingerprint density at radius 1 is 1.50 bits per heavy atom. The van der Waals surface area contributed by atoms with Crippen LogP contribution in [-0.2, 0) is 4.79 Å². The van der Waals surface area contributed by atoms with E-state index < -0.39 is 0 Å². The molecule has 1 aromatic rings. The van der Waals surface area contributed by atoms with Crippen molar-refractivity contribution >= 4 is 23.6 Å². The van der Waals surface area contributed by atoms with Crippen molar-refractivity contribution in [2.24, 2.45) is 5.92 Å². The summed E-state index contributed by atoms with van der Waals surface area (Å²) in [4.78, 5) is 12.2. The molecular weight excluding hydrogens is 278 g/mol. The van der Waals surface area contributed by atoms with E-state index in [1.807, 2.05) is 13.8 Å². The Labute approximate surface area is 123 Å². The van der Waals surface area contributed by atoms with Crippen molar-refractivity contribution in [3.05, 3.63) is 34.4 Å². The lowest BCUT2D eigenvalue weighted by Gasteiger charge is -2.23. The average Bonchev–Trinajstić information content (AvgIpc) is 2.43. The van der Waals surface area contributed by atoms with Crippen molar-refractivity contribution in [3.63, 3.8) is 0 Å². The number of hydrogen-bond acceptors (Lipinski definition) is 3. The maximum absolute atomic E-state index is 12.2. The number of nitrogens with one attached hydrogen (secondary N) is 1. The largest absolute Gasteiger partial charge is 0.488 e. The van der Waals surface area contributed by atoms with Crippen LogP contribution in [0, 0.1) is 5.92 Å². The normalized spacial score (nSPS) is 15.2. The van der Waals surface area contributed by atoms with Crippen molar-refractivity contribution in [1.82, 2.24) is 5.32 Å². The lowest BCUT2D eigenvalue weighted by Crippen LogP contribution is -2.42. The number of hydrogen-bond donors (Lipinski definition) is 2. The fraction of sp³-hybridized carbons (Fsp3) is 0.400. The third-order valence-electron chi connectivity index (χ3n) is 3.29. The zero-order valence-electron chi connectivity index (χ0n) is 11.5. The average molecular weight is 296 g/mol. The Balaban J connectivity index is 2.16. The van der Waals surface area contributed by atoms with Gasteiger partial charge in [0.15, 0.2) is 0 Å². The van der Waals surface area contributed by atoms with Crippen LogP contribution in [0.4, 0.5) is 0 Å². The lowest BCUT2D eigenvalue weighted by atomic mass is 10.0. The molecule has 0 saturated heterocycles. The minimum atomic E-state index is -0.260. The maximum atomic E-state index is 12.2. The summed E-state index contributed by atoms with van der Waals surface area (Å²) < 4.78 is 5.54. The Kier molecular flexibility index (Phi) is 4.68. The van der Waals surface area contributed by atoms with Gasteiger partial charge in [-0.2, -0.15) is 0 Å². The van der Waals surface area contributed by atoms with Gasteiger partial charge >= 0.3 is 0 Å². The van der Waals surface area contributed by atoms with E-state index in [1.165, 1.54) is 0 Å². The Morgan fingerprint density at radius 3 is 2.90 bits per heavy atom. The highest BCUT2D eigenvalue weighted by atomic mass is 35.5. The van der Waals surface area contributed by atoms with E-state index in [2.05, 4.69) is 5.32 Å². The number of carbonyl (C=O) groups excluding carboxylic acids is 1. The second kappa shape index (κ2) is 6.29. The molecule has 1 aromatic carbocycles. The number of fused-ring (bicyclic) bond motifs is 1. The highest BCUT2D eigenvalue weighted by molar-refractivity contribution is 6.30. The first-order valence-electron chi connectivity index (χ1n) is 6.56. The summed E-state index contributed by atoms with van der Waals surface area (Å²) in [5, 5.41) is 12.7. The highest BCUT2D eigenvalue weighted by Gasteiger charge is 2.21. The minimum Gasteiger partial charge on any atom is -0.488 e. The molecule has 108 valence electrons. The van der Waals surface area contributed by atoms with Crippen LogP contribution >= 0.6 is 11.6 Å². The topological polar surface area (TPSA) is 58.6 Å². The van der Waals surface area contributed by atoms with Crippen LogP contribution in [0.15, 0.2) is 23.8 Å². The molecule has 20 heavy (non-hydrogen) atoms. The zero-order chi connectivity index (χ0) is 14.7. The molecule has 1 aliphatic rings. The van der Waals surface area contributed by atoms with Gasteiger partial charge in [-0.3, -0.25) is 4.79 Å². The minimum absolute atomic E-state index is 0.0834. The number of aliphatic hydroxyl groups excluding tert-OH is 1. The van der Waals surface area contributed by atoms with Gasteiger partial charge in [0.25, 0.3) is 5.91 Å². The molecule has 1 amide bonds. The summed E-state index contributed by atoms with van der Waals surface area (Å²) in [5.41, 5.74) is 1.32. The van der Waals surface area contributed by atoms with E-state index in [4.69, 9.17) is 16.3 Å². The molecule has 2 N–H and O–H groups in total. The molecule has 5 heteroatoms. The summed E-state index contributed by atoms with van der Waals surface area (Å²) in [7, 11) is 0. The van der Waals surface area contributed by atoms with Gasteiger partial charge in [-0.25, -0.2) is 0 Å². The van der Waals surface area contributed by atoms with Gasteiger partial charge in [0.2, 0.25) is 0 Å². The fourth-order valence-electron chi connectivity index (χ4n) is 1.96. The van der Waals surface area contributed by atoms with Gasteiger partial charge in [0, 0.05) is 10.6 Å². The van der Waals surface area contributed by atoms with E-state index in [0.29, 0.717) is 16.3 Å². The second-order valence-electron chi connectivity index (χ2n) is 5.15. The van der Waals surface area contributed by atoms with E-state index in [-0.39, 0.29) is 31.1 Å². The van der Waals surface area contributed by atoms with Gasteiger partial charge in [0.1, 0.15) is 12.4 Å². The third-order valence-corrected chi connectivity index (χ3v) is 3.53. The van der Waals surface area contributed by atoms with Crippen LogP contribution in [0.3, 0.4) is 0 Å². The lowest BCUT2D eigenvalue weighted by molar-refractivity contribution is -0.119. The molecule has 0 aliphatic carbocycles. The smallest absolute Gasteiger partial charge is 0.250 e. The fourth-order valence-corrected chi connectivity index (χ4v) is 2.14. The van der Waals surface area contributed by atoms with E-state index in [1.54, 1.807) is 24.3 Å². The molecule has 0 spiro atoms. The molecule has 2 rings (SSSR count). The molecule has 4 nitrogen and oxygen atoms in total. The van der Waals surface area contributed by atoms with Crippen LogP contribution in [0.1, 0.15) is 19.4 Å². The first kappa shape index (κ1) is 14.9. The highest BCUT2D eigenvalue weighted by Crippen LogP contribution is 2.29. The Bertz CT molecular complexity index is 540. The quantitative estimate of drug-likeness (QED) is 0.896. The number of rotatable bonds is 4. The van der Waals surface area contributed by atoms with Gasteiger partial charge < -0.3 is 15.2 Å². The monoisotopic (exact) mass is 295 g/mol. The molecule has 0 fully saturated rings. The summed E-state index contributed by atoms with van der Waals surface area (Å²) in [6, 6.07) is 5.03. The van der Waals surface area contributed by atoms with Crippen LogP contribution in [-0.4, -0.2) is 30.3 Å². The molecule has 1 heterocycles. The van der Waals surface area contributed by atoms with E-state index >= 15 is 0 Å². The number of halogens is 1. The molecule has 1 atom stereocenters. The number of ether oxygens (including phenoxy) is 1. The Hall–Kier alpha value is -1.52. The van der Waals surface area contributed by atoms with Crippen LogP contribution in [0.25, 0.3) is 6.08 Å². The summed E-state index contributed by atoms with van der Waals surface area (Å²) in [6.45, 7) is 4.03. The maximum Gasteiger partial charge on any atom is 0.250 e. The molecule has 0 saturated carbocycles. The van der Waals surface area contributed by atoms with Crippen LogP contribution in [0.5, 0.6) is 5.75 Å². The second-order valence-corrected chi connectivity index (χ2v) is 5.58. The van der Waals surface area contributed by atoms with E-state index in [9.17, 15) is 9.90 Å². The van der Waals surface area contributed by atoms with Gasteiger partial charge in [0.05, 0.1) is 18.2 Å². The van der Waals surface area contributed by atoms with Crippen molar-refractivity contribution < 1.29 is 14.6 Å². The predicted octanol–water partition coefficient (Wildman–Crippen LogP) is 2.25. The standard InChI is InChI=1S/C15H18ClNO3/c1-9(2)13(7-18)17-15(19)11-5-10-6-12(16)3-4-14(10)20-8-11/h3-6,9,13,18H,7-8H2,1-2H3,(H,17,19)/t13-/m1/s1. The van der Waals surface area contributed by atoms with Gasteiger partial charge in [-0.05, 0) is 30.2 Å². The number of aliphatic hydroxyl groups is 1.